The van der Waals surface area contributed by atoms with Crippen LogP contribution in [0.1, 0.15) is 44.9 Å². The number of hydrogen-bond acceptors (Lipinski definition) is 4. The molecule has 2 amide bonds. The van der Waals surface area contributed by atoms with E-state index in [-0.39, 0.29) is 6.04 Å². The molecule has 1 fully saturated rings. The summed E-state index contributed by atoms with van der Waals surface area (Å²) >= 11 is 0. The molecule has 0 spiro atoms. The SMILES string of the molecule is CCCn1nccc1NC(=O)C(=O)N1CC[C@@H](C)C[C@@H]1c1ccco1. The number of nitrogens with zero attached hydrogens (tertiary/aromatic N) is 3. The van der Waals surface area contributed by atoms with Crippen molar-refractivity contribution < 1.29 is 14.0 Å². The average molecular weight is 344 g/mol. The maximum Gasteiger partial charge on any atom is 0.315 e. The Morgan fingerprint density at radius 2 is 2.24 bits per heavy atom. The highest BCUT2D eigenvalue weighted by molar-refractivity contribution is 6.39. The van der Waals surface area contributed by atoms with Gasteiger partial charge in [0, 0.05) is 19.2 Å². The first kappa shape index (κ1) is 17.3. The second-order valence-electron chi connectivity index (χ2n) is 6.55. The van der Waals surface area contributed by atoms with E-state index in [1.54, 1.807) is 34.2 Å². The van der Waals surface area contributed by atoms with Gasteiger partial charge in [-0.15, -0.1) is 0 Å². The molecule has 1 aliphatic rings. The third kappa shape index (κ3) is 3.75. The first-order chi connectivity index (χ1) is 12.1. The molecule has 0 unspecified atom stereocenters. The number of aryl methyl sites for hydroxylation is 1. The molecule has 7 nitrogen and oxygen atoms in total. The quantitative estimate of drug-likeness (QED) is 0.865. The van der Waals surface area contributed by atoms with Gasteiger partial charge in [0.2, 0.25) is 0 Å². The second-order valence-corrected chi connectivity index (χ2v) is 6.55. The molecular formula is C18H24N4O3. The summed E-state index contributed by atoms with van der Waals surface area (Å²) in [5.41, 5.74) is 0. The minimum absolute atomic E-state index is 0.197. The molecule has 0 bridgehead atoms. The Hall–Kier alpha value is -2.57. The van der Waals surface area contributed by atoms with Crippen LogP contribution in [0.2, 0.25) is 0 Å². The van der Waals surface area contributed by atoms with Crippen molar-refractivity contribution in [2.45, 2.75) is 45.7 Å². The summed E-state index contributed by atoms with van der Waals surface area (Å²) in [5.74, 6) is 0.582. The number of carbonyl (C=O) groups is 2. The first-order valence-corrected chi connectivity index (χ1v) is 8.77. The lowest BCUT2D eigenvalue weighted by Crippen LogP contribution is -2.45. The molecule has 3 heterocycles. The number of aromatic nitrogens is 2. The van der Waals surface area contributed by atoms with Crippen molar-refractivity contribution in [3.63, 3.8) is 0 Å². The molecule has 0 saturated carbocycles. The number of amides is 2. The van der Waals surface area contributed by atoms with Crippen molar-refractivity contribution in [1.29, 1.82) is 0 Å². The van der Waals surface area contributed by atoms with Crippen LogP contribution >= 0.6 is 0 Å². The minimum atomic E-state index is -0.635. The molecule has 134 valence electrons. The van der Waals surface area contributed by atoms with Crippen LogP contribution in [0.4, 0.5) is 5.82 Å². The average Bonchev–Trinajstić information content (AvgIpc) is 3.27. The largest absolute Gasteiger partial charge is 0.467 e. The van der Waals surface area contributed by atoms with E-state index in [0.29, 0.717) is 24.8 Å². The maximum atomic E-state index is 12.7. The van der Waals surface area contributed by atoms with Gasteiger partial charge in [0.1, 0.15) is 11.6 Å². The number of furan rings is 1. The summed E-state index contributed by atoms with van der Waals surface area (Å²) < 4.78 is 7.19. The summed E-state index contributed by atoms with van der Waals surface area (Å²) in [6.45, 7) is 5.42. The Balaban J connectivity index is 1.73. The van der Waals surface area contributed by atoms with Crippen molar-refractivity contribution >= 4 is 17.6 Å². The summed E-state index contributed by atoms with van der Waals surface area (Å²) in [6, 6.07) is 5.17. The topological polar surface area (TPSA) is 80.4 Å². The van der Waals surface area contributed by atoms with Gasteiger partial charge in [0.15, 0.2) is 0 Å². The van der Waals surface area contributed by atoms with Crippen molar-refractivity contribution in [3.8, 4) is 0 Å². The highest BCUT2D eigenvalue weighted by atomic mass is 16.3. The molecule has 0 aromatic carbocycles. The Labute approximate surface area is 147 Å². The predicted octanol–water partition coefficient (Wildman–Crippen LogP) is 2.82. The van der Waals surface area contributed by atoms with Gasteiger partial charge in [-0.3, -0.25) is 9.59 Å². The molecule has 1 N–H and O–H groups in total. The number of piperidine rings is 1. The lowest BCUT2D eigenvalue weighted by atomic mass is 9.91. The van der Waals surface area contributed by atoms with Crippen molar-refractivity contribution in [1.82, 2.24) is 14.7 Å². The van der Waals surface area contributed by atoms with Gasteiger partial charge in [-0.1, -0.05) is 13.8 Å². The number of likely N-dealkylation sites (tertiary alicyclic amines) is 1. The molecule has 2 aromatic heterocycles. The Morgan fingerprint density at radius 3 is 2.96 bits per heavy atom. The molecular weight excluding hydrogens is 320 g/mol. The zero-order valence-electron chi connectivity index (χ0n) is 14.6. The standard InChI is InChI=1S/C18H24N4O3/c1-3-9-22-16(6-8-19-22)20-17(23)18(24)21-10-7-13(2)12-14(21)15-5-4-11-25-15/h4-6,8,11,13-14H,3,7,9-10,12H2,1-2H3,(H,20,23)/t13-,14-/m1/s1. The molecule has 0 radical (unpaired) electrons. The lowest BCUT2D eigenvalue weighted by Gasteiger charge is -2.36. The fraction of sp³-hybridized carbons (Fsp3) is 0.500. The summed E-state index contributed by atoms with van der Waals surface area (Å²) in [7, 11) is 0. The molecule has 7 heteroatoms. The van der Waals surface area contributed by atoms with Crippen LogP contribution in [-0.4, -0.2) is 33.0 Å². The van der Waals surface area contributed by atoms with E-state index >= 15 is 0 Å². The summed E-state index contributed by atoms with van der Waals surface area (Å²) in [4.78, 5) is 26.9. The minimum Gasteiger partial charge on any atom is -0.467 e. The second kappa shape index (κ2) is 7.55. The van der Waals surface area contributed by atoms with Gasteiger partial charge < -0.3 is 14.6 Å². The van der Waals surface area contributed by atoms with Gasteiger partial charge in [0.05, 0.1) is 18.5 Å². The van der Waals surface area contributed by atoms with Crippen LogP contribution in [-0.2, 0) is 16.1 Å². The van der Waals surface area contributed by atoms with Crippen LogP contribution in [0.25, 0.3) is 0 Å². The lowest BCUT2D eigenvalue weighted by molar-refractivity contribution is -0.146. The summed E-state index contributed by atoms with van der Waals surface area (Å²) in [5, 5.41) is 6.85. The fourth-order valence-corrected chi connectivity index (χ4v) is 3.26. The van der Waals surface area contributed by atoms with E-state index < -0.39 is 11.8 Å². The highest BCUT2D eigenvalue weighted by Gasteiger charge is 2.35. The van der Waals surface area contributed by atoms with E-state index in [1.165, 1.54) is 0 Å². The van der Waals surface area contributed by atoms with Gasteiger partial charge >= 0.3 is 11.8 Å². The van der Waals surface area contributed by atoms with E-state index in [2.05, 4.69) is 17.3 Å². The normalized spacial score (nSPS) is 20.5. The fourth-order valence-electron chi connectivity index (χ4n) is 3.26. The van der Waals surface area contributed by atoms with Gasteiger partial charge in [-0.25, -0.2) is 4.68 Å². The van der Waals surface area contributed by atoms with E-state index in [9.17, 15) is 9.59 Å². The van der Waals surface area contributed by atoms with Crippen molar-refractivity contribution in [2.75, 3.05) is 11.9 Å². The molecule has 1 saturated heterocycles. The number of rotatable bonds is 4. The third-order valence-corrected chi connectivity index (χ3v) is 4.58. The number of hydrogen-bond donors (Lipinski definition) is 1. The summed E-state index contributed by atoms with van der Waals surface area (Å²) in [6.07, 6.45) is 5.78. The van der Waals surface area contributed by atoms with Crippen LogP contribution in [0.15, 0.2) is 35.1 Å². The number of anilines is 1. The zero-order chi connectivity index (χ0) is 17.8. The van der Waals surface area contributed by atoms with Crippen LogP contribution in [0.5, 0.6) is 0 Å². The zero-order valence-corrected chi connectivity index (χ0v) is 14.6. The van der Waals surface area contributed by atoms with Crippen LogP contribution < -0.4 is 5.32 Å². The van der Waals surface area contributed by atoms with Gasteiger partial charge in [0.25, 0.3) is 0 Å². The first-order valence-electron chi connectivity index (χ1n) is 8.77. The van der Waals surface area contributed by atoms with Crippen LogP contribution in [0.3, 0.4) is 0 Å². The predicted molar refractivity (Wildman–Crippen MR) is 92.7 cm³/mol. The van der Waals surface area contributed by atoms with E-state index in [1.807, 2.05) is 13.0 Å². The Kier molecular flexibility index (Phi) is 5.21. The van der Waals surface area contributed by atoms with Crippen molar-refractivity contribution in [3.05, 3.63) is 36.4 Å². The number of carbonyl (C=O) groups excluding carboxylic acids is 2. The molecule has 3 rings (SSSR count). The number of nitrogens with one attached hydrogen (secondary N) is 1. The molecule has 2 aromatic rings. The van der Waals surface area contributed by atoms with Gasteiger partial charge in [-0.05, 0) is 37.3 Å². The maximum absolute atomic E-state index is 12.7. The molecule has 1 aliphatic heterocycles. The van der Waals surface area contributed by atoms with E-state index in [4.69, 9.17) is 4.42 Å². The smallest absolute Gasteiger partial charge is 0.315 e. The van der Waals surface area contributed by atoms with Crippen molar-refractivity contribution in [2.24, 2.45) is 5.92 Å². The Bertz CT molecular complexity index is 723. The monoisotopic (exact) mass is 344 g/mol. The van der Waals surface area contributed by atoms with Crippen LogP contribution in [0, 0.1) is 5.92 Å². The highest BCUT2D eigenvalue weighted by Crippen LogP contribution is 2.34. The molecule has 0 aliphatic carbocycles. The Morgan fingerprint density at radius 1 is 1.40 bits per heavy atom. The molecule has 2 atom stereocenters. The van der Waals surface area contributed by atoms with Gasteiger partial charge in [-0.2, -0.15) is 5.10 Å². The van der Waals surface area contributed by atoms with E-state index in [0.717, 1.165) is 25.0 Å². The molecule has 25 heavy (non-hydrogen) atoms. The third-order valence-electron chi connectivity index (χ3n) is 4.58.